The zero-order chi connectivity index (χ0) is 18.9. The van der Waals surface area contributed by atoms with E-state index in [0.29, 0.717) is 53.9 Å². The smallest absolute Gasteiger partial charge is 0.255 e. The number of ether oxygens (including phenoxy) is 3. The van der Waals surface area contributed by atoms with Gasteiger partial charge in [-0.25, -0.2) is 0 Å². The van der Waals surface area contributed by atoms with E-state index in [2.05, 4.69) is 5.32 Å². The molecule has 0 aliphatic rings. The molecular formula is C20H22N2O4. The first kappa shape index (κ1) is 19.1. The zero-order valence-corrected chi connectivity index (χ0v) is 15.2. The minimum Gasteiger partial charge on any atom is -0.490 e. The van der Waals surface area contributed by atoms with Crippen molar-refractivity contribution in [2.45, 2.75) is 20.8 Å². The second-order valence-electron chi connectivity index (χ2n) is 5.25. The molecule has 1 N–H and O–H groups in total. The molecule has 0 spiro atoms. The molecule has 2 aromatic rings. The first-order valence-corrected chi connectivity index (χ1v) is 8.50. The van der Waals surface area contributed by atoms with Crippen LogP contribution in [0.15, 0.2) is 36.4 Å². The molecule has 0 heterocycles. The lowest BCUT2D eigenvalue weighted by Crippen LogP contribution is -2.13. The SMILES string of the molecule is CCOc1cc(C(=O)Nc2cccc(C#N)c2)cc(OCC)c1OCC. The van der Waals surface area contributed by atoms with E-state index in [1.807, 2.05) is 26.8 Å². The molecule has 0 saturated heterocycles. The van der Waals surface area contributed by atoms with Crippen molar-refractivity contribution in [3.8, 4) is 23.3 Å². The fourth-order valence-corrected chi connectivity index (χ4v) is 2.39. The number of amides is 1. The number of carbonyl (C=O) groups is 1. The summed E-state index contributed by atoms with van der Waals surface area (Å²) < 4.78 is 16.9. The van der Waals surface area contributed by atoms with E-state index in [-0.39, 0.29) is 5.91 Å². The molecular weight excluding hydrogens is 332 g/mol. The zero-order valence-electron chi connectivity index (χ0n) is 15.2. The monoisotopic (exact) mass is 354 g/mol. The van der Waals surface area contributed by atoms with Gasteiger partial charge in [0, 0.05) is 11.3 Å². The maximum atomic E-state index is 12.6. The Balaban J connectivity index is 2.37. The summed E-state index contributed by atoms with van der Waals surface area (Å²) in [5.41, 5.74) is 1.39. The average Bonchev–Trinajstić information content (AvgIpc) is 2.64. The van der Waals surface area contributed by atoms with Gasteiger partial charge in [-0.2, -0.15) is 5.26 Å². The summed E-state index contributed by atoms with van der Waals surface area (Å²) in [6.45, 7) is 6.90. The van der Waals surface area contributed by atoms with Gasteiger partial charge in [0.05, 0.1) is 31.5 Å². The Bertz CT molecular complexity index is 785. The van der Waals surface area contributed by atoms with E-state index < -0.39 is 0 Å². The van der Waals surface area contributed by atoms with Crippen LogP contribution in [0.2, 0.25) is 0 Å². The molecule has 0 radical (unpaired) electrons. The van der Waals surface area contributed by atoms with E-state index >= 15 is 0 Å². The third kappa shape index (κ3) is 4.67. The Morgan fingerprint density at radius 3 is 2.15 bits per heavy atom. The Morgan fingerprint density at radius 1 is 1.00 bits per heavy atom. The van der Waals surface area contributed by atoms with Crippen molar-refractivity contribution in [3.63, 3.8) is 0 Å². The molecule has 26 heavy (non-hydrogen) atoms. The van der Waals surface area contributed by atoms with E-state index in [4.69, 9.17) is 19.5 Å². The largest absolute Gasteiger partial charge is 0.490 e. The summed E-state index contributed by atoms with van der Waals surface area (Å²) in [5, 5.41) is 11.8. The van der Waals surface area contributed by atoms with Crippen molar-refractivity contribution in [1.82, 2.24) is 0 Å². The van der Waals surface area contributed by atoms with E-state index in [9.17, 15) is 4.79 Å². The molecule has 0 aliphatic carbocycles. The molecule has 2 aromatic carbocycles. The van der Waals surface area contributed by atoms with Crippen molar-refractivity contribution < 1.29 is 19.0 Å². The Kier molecular flexibility index (Phi) is 6.86. The second-order valence-corrected chi connectivity index (χ2v) is 5.25. The van der Waals surface area contributed by atoms with Crippen LogP contribution in [-0.4, -0.2) is 25.7 Å². The van der Waals surface area contributed by atoms with Crippen LogP contribution in [0.5, 0.6) is 17.2 Å². The molecule has 0 bridgehead atoms. The van der Waals surface area contributed by atoms with Crippen LogP contribution in [0.25, 0.3) is 0 Å². The van der Waals surface area contributed by atoms with Gasteiger partial charge in [-0.15, -0.1) is 0 Å². The first-order chi connectivity index (χ1) is 12.6. The maximum absolute atomic E-state index is 12.6. The molecule has 136 valence electrons. The van der Waals surface area contributed by atoms with Gasteiger partial charge >= 0.3 is 0 Å². The molecule has 1 amide bonds. The molecule has 0 fully saturated rings. The summed E-state index contributed by atoms with van der Waals surface area (Å²) in [4.78, 5) is 12.6. The van der Waals surface area contributed by atoms with Gasteiger partial charge in [0.1, 0.15) is 0 Å². The summed E-state index contributed by atoms with van der Waals surface area (Å²) >= 11 is 0. The van der Waals surface area contributed by atoms with Gasteiger partial charge in [0.2, 0.25) is 5.75 Å². The minimum absolute atomic E-state index is 0.329. The molecule has 0 aliphatic heterocycles. The van der Waals surface area contributed by atoms with Crippen molar-refractivity contribution in [3.05, 3.63) is 47.5 Å². The van der Waals surface area contributed by atoms with Gasteiger partial charge in [0.25, 0.3) is 5.91 Å². The third-order valence-electron chi connectivity index (χ3n) is 3.42. The number of carbonyl (C=O) groups excluding carboxylic acids is 1. The normalized spacial score (nSPS) is 9.92. The third-order valence-corrected chi connectivity index (χ3v) is 3.42. The van der Waals surface area contributed by atoms with Crippen LogP contribution in [-0.2, 0) is 0 Å². The number of nitrogens with zero attached hydrogens (tertiary/aromatic N) is 1. The van der Waals surface area contributed by atoms with Gasteiger partial charge < -0.3 is 19.5 Å². The van der Waals surface area contributed by atoms with Crippen molar-refractivity contribution >= 4 is 11.6 Å². The highest BCUT2D eigenvalue weighted by Gasteiger charge is 2.18. The van der Waals surface area contributed by atoms with Crippen LogP contribution < -0.4 is 19.5 Å². The minimum atomic E-state index is -0.329. The number of hydrogen-bond acceptors (Lipinski definition) is 5. The van der Waals surface area contributed by atoms with Crippen LogP contribution in [0.1, 0.15) is 36.7 Å². The van der Waals surface area contributed by atoms with E-state index in [0.717, 1.165) is 0 Å². The highest BCUT2D eigenvalue weighted by atomic mass is 16.5. The number of hydrogen-bond donors (Lipinski definition) is 1. The van der Waals surface area contributed by atoms with Crippen molar-refractivity contribution in [1.29, 1.82) is 5.26 Å². The number of nitriles is 1. The fourth-order valence-electron chi connectivity index (χ4n) is 2.39. The van der Waals surface area contributed by atoms with Crippen LogP contribution in [0, 0.1) is 11.3 Å². The quantitative estimate of drug-likeness (QED) is 0.775. The number of benzene rings is 2. The lowest BCUT2D eigenvalue weighted by Gasteiger charge is -2.17. The van der Waals surface area contributed by atoms with Gasteiger partial charge in [0.15, 0.2) is 11.5 Å². The summed E-state index contributed by atoms with van der Waals surface area (Å²) in [6, 6.07) is 12.0. The molecule has 2 rings (SSSR count). The second kappa shape index (κ2) is 9.33. The Hall–Kier alpha value is -3.20. The molecule has 0 atom stereocenters. The van der Waals surface area contributed by atoms with Crippen molar-refractivity contribution in [2.75, 3.05) is 25.1 Å². The molecule has 6 heteroatoms. The van der Waals surface area contributed by atoms with Gasteiger partial charge in [-0.05, 0) is 51.1 Å². The number of nitrogens with one attached hydrogen (secondary N) is 1. The molecule has 0 saturated carbocycles. The van der Waals surface area contributed by atoms with E-state index in [1.54, 1.807) is 36.4 Å². The summed E-state index contributed by atoms with van der Waals surface area (Å²) in [5.74, 6) is 1.07. The number of anilines is 1. The lowest BCUT2D eigenvalue weighted by atomic mass is 10.1. The standard InChI is InChI=1S/C20H22N2O4/c1-4-24-17-11-15(12-18(25-5-2)19(17)26-6-3)20(23)22-16-9-7-8-14(10-16)13-21/h7-12H,4-6H2,1-3H3,(H,22,23). The van der Waals surface area contributed by atoms with Gasteiger partial charge in [-0.1, -0.05) is 6.07 Å². The Labute approximate surface area is 153 Å². The highest BCUT2D eigenvalue weighted by Crippen LogP contribution is 2.39. The number of rotatable bonds is 8. The van der Waals surface area contributed by atoms with Crippen LogP contribution in [0.4, 0.5) is 5.69 Å². The van der Waals surface area contributed by atoms with Crippen LogP contribution in [0.3, 0.4) is 0 Å². The Morgan fingerprint density at radius 2 is 1.62 bits per heavy atom. The summed E-state index contributed by atoms with van der Waals surface area (Å²) in [7, 11) is 0. The first-order valence-electron chi connectivity index (χ1n) is 8.50. The molecule has 6 nitrogen and oxygen atoms in total. The van der Waals surface area contributed by atoms with E-state index in [1.165, 1.54) is 0 Å². The molecule has 0 unspecified atom stereocenters. The lowest BCUT2D eigenvalue weighted by molar-refractivity contribution is 0.102. The fraction of sp³-hybridized carbons (Fsp3) is 0.300. The predicted molar refractivity (Wildman–Crippen MR) is 99.1 cm³/mol. The maximum Gasteiger partial charge on any atom is 0.255 e. The van der Waals surface area contributed by atoms with Gasteiger partial charge in [-0.3, -0.25) is 4.79 Å². The highest BCUT2D eigenvalue weighted by molar-refractivity contribution is 6.05. The summed E-state index contributed by atoms with van der Waals surface area (Å²) in [6.07, 6.45) is 0. The van der Waals surface area contributed by atoms with Crippen molar-refractivity contribution in [2.24, 2.45) is 0 Å². The average molecular weight is 354 g/mol. The molecule has 0 aromatic heterocycles. The topological polar surface area (TPSA) is 80.6 Å². The van der Waals surface area contributed by atoms with Crippen LogP contribution >= 0.6 is 0 Å². The predicted octanol–water partition coefficient (Wildman–Crippen LogP) is 4.01.